The maximum atomic E-state index is 13.1. The van der Waals surface area contributed by atoms with Crippen LogP contribution in [-0.4, -0.2) is 26.6 Å². The monoisotopic (exact) mass is 319 g/mol. The van der Waals surface area contributed by atoms with Crippen molar-refractivity contribution in [1.29, 1.82) is 0 Å². The van der Waals surface area contributed by atoms with E-state index < -0.39 is 25.1 Å². The lowest BCUT2D eigenvalue weighted by atomic mass is 10.3. The fourth-order valence-electron chi connectivity index (χ4n) is 1.59. The Morgan fingerprint density at radius 2 is 1.80 bits per heavy atom. The third-order valence-corrected chi connectivity index (χ3v) is 4.77. The molecule has 0 aliphatic rings. The average Bonchev–Trinajstić information content (AvgIpc) is 2.75. The molecule has 108 valence electrons. The second-order valence-corrected chi connectivity index (χ2v) is 6.78. The van der Waals surface area contributed by atoms with Crippen molar-refractivity contribution in [1.82, 2.24) is 9.78 Å². The number of anilines is 1. The zero-order chi connectivity index (χ0) is 15.0. The summed E-state index contributed by atoms with van der Waals surface area (Å²) in [6.45, 7) is 0. The molecule has 0 aliphatic heterocycles. The van der Waals surface area contributed by atoms with Gasteiger partial charge in [0, 0.05) is 7.05 Å². The first-order valence-corrected chi connectivity index (χ1v) is 8.13. The SMILES string of the molecule is Cn1nccc1S(=O)(=O)Nc1ccccc1S(=O)(=O)F. The van der Waals surface area contributed by atoms with Gasteiger partial charge in [-0.2, -0.15) is 21.9 Å². The highest BCUT2D eigenvalue weighted by Gasteiger charge is 2.23. The molecule has 0 saturated carbocycles. The maximum Gasteiger partial charge on any atom is 0.334 e. The zero-order valence-electron chi connectivity index (χ0n) is 10.2. The lowest BCUT2D eigenvalue weighted by molar-refractivity contribution is 0.552. The predicted molar refractivity (Wildman–Crippen MR) is 68.8 cm³/mol. The van der Waals surface area contributed by atoms with Crippen molar-refractivity contribution in [2.75, 3.05) is 4.72 Å². The Labute approximate surface area is 115 Å². The van der Waals surface area contributed by atoms with Gasteiger partial charge >= 0.3 is 10.2 Å². The molecule has 1 N–H and O–H groups in total. The molecule has 2 rings (SSSR count). The Morgan fingerprint density at radius 3 is 2.35 bits per heavy atom. The van der Waals surface area contributed by atoms with E-state index in [1.54, 1.807) is 0 Å². The van der Waals surface area contributed by atoms with Crippen molar-refractivity contribution in [2.45, 2.75) is 9.92 Å². The van der Waals surface area contributed by atoms with E-state index in [4.69, 9.17) is 0 Å². The number of aryl methyl sites for hydroxylation is 1. The number of nitrogens with zero attached hydrogens (tertiary/aromatic N) is 2. The lowest BCUT2D eigenvalue weighted by Crippen LogP contribution is -2.17. The number of hydrogen-bond acceptors (Lipinski definition) is 5. The molecule has 0 radical (unpaired) electrons. The van der Waals surface area contributed by atoms with Crippen LogP contribution in [0.2, 0.25) is 0 Å². The number of hydrogen-bond donors (Lipinski definition) is 1. The smallest absolute Gasteiger partial charge is 0.277 e. The van der Waals surface area contributed by atoms with Crippen LogP contribution in [-0.2, 0) is 27.3 Å². The van der Waals surface area contributed by atoms with Gasteiger partial charge in [0.25, 0.3) is 10.0 Å². The second kappa shape index (κ2) is 4.87. The van der Waals surface area contributed by atoms with E-state index in [-0.39, 0.29) is 10.7 Å². The van der Waals surface area contributed by atoms with Crippen LogP contribution >= 0.6 is 0 Å². The van der Waals surface area contributed by atoms with E-state index in [2.05, 4.69) is 5.10 Å². The van der Waals surface area contributed by atoms with Crippen LogP contribution in [0.15, 0.2) is 46.5 Å². The van der Waals surface area contributed by atoms with Crippen LogP contribution in [0.4, 0.5) is 9.57 Å². The normalized spacial score (nSPS) is 12.3. The van der Waals surface area contributed by atoms with Crippen LogP contribution in [0.1, 0.15) is 0 Å². The van der Waals surface area contributed by atoms with Crippen LogP contribution in [0, 0.1) is 0 Å². The number of rotatable bonds is 4. The van der Waals surface area contributed by atoms with Crippen LogP contribution in [0.3, 0.4) is 0 Å². The van der Waals surface area contributed by atoms with Crippen molar-refractivity contribution in [3.8, 4) is 0 Å². The van der Waals surface area contributed by atoms with E-state index in [9.17, 15) is 20.7 Å². The fourth-order valence-corrected chi connectivity index (χ4v) is 3.48. The minimum Gasteiger partial charge on any atom is -0.277 e. The van der Waals surface area contributed by atoms with E-state index in [1.165, 1.54) is 31.4 Å². The highest BCUT2D eigenvalue weighted by Crippen LogP contribution is 2.25. The first-order valence-electron chi connectivity index (χ1n) is 5.26. The van der Waals surface area contributed by atoms with E-state index >= 15 is 0 Å². The topological polar surface area (TPSA) is 98.1 Å². The second-order valence-electron chi connectivity index (χ2n) is 3.83. The summed E-state index contributed by atoms with van der Waals surface area (Å²) in [4.78, 5) is -0.745. The molecule has 0 fully saturated rings. The van der Waals surface area contributed by atoms with Gasteiger partial charge in [0.15, 0.2) is 5.03 Å². The largest absolute Gasteiger partial charge is 0.334 e. The van der Waals surface area contributed by atoms with Gasteiger partial charge in [0.2, 0.25) is 0 Å². The molecular formula is C10H10FN3O4S2. The fraction of sp³-hybridized carbons (Fsp3) is 0.100. The number of nitrogens with one attached hydrogen (secondary N) is 1. The highest BCUT2D eigenvalue weighted by atomic mass is 32.3. The molecule has 2 aromatic rings. The standard InChI is InChI=1S/C10H10FN3O4S2/c1-14-10(6-7-12-14)20(17,18)13-8-4-2-3-5-9(8)19(11,15)16/h2-7,13H,1H3. The Hall–Kier alpha value is -1.94. The van der Waals surface area contributed by atoms with Gasteiger partial charge in [-0.15, -0.1) is 3.89 Å². The van der Waals surface area contributed by atoms with Gasteiger partial charge in [-0.1, -0.05) is 12.1 Å². The molecule has 1 aromatic heterocycles. The van der Waals surface area contributed by atoms with E-state index in [0.29, 0.717) is 0 Å². The van der Waals surface area contributed by atoms with Crippen molar-refractivity contribution >= 4 is 25.9 Å². The number of halogens is 1. The Bertz CT molecular complexity index is 843. The molecule has 0 aliphatic carbocycles. The number of benzene rings is 1. The Kier molecular flexibility index (Phi) is 3.52. The molecule has 0 saturated heterocycles. The van der Waals surface area contributed by atoms with Crippen molar-refractivity contribution in [2.24, 2.45) is 7.05 Å². The van der Waals surface area contributed by atoms with Crippen LogP contribution < -0.4 is 4.72 Å². The molecule has 7 nitrogen and oxygen atoms in total. The van der Waals surface area contributed by atoms with Crippen molar-refractivity contribution < 1.29 is 20.7 Å². The molecular weight excluding hydrogens is 309 g/mol. The van der Waals surface area contributed by atoms with Crippen LogP contribution in [0.25, 0.3) is 0 Å². The Balaban J connectivity index is 2.49. The molecule has 20 heavy (non-hydrogen) atoms. The van der Waals surface area contributed by atoms with Gasteiger partial charge in [-0.3, -0.25) is 9.40 Å². The maximum absolute atomic E-state index is 13.1. The first kappa shape index (κ1) is 14.5. The summed E-state index contributed by atoms with van der Waals surface area (Å²) in [7, 11) is -7.69. The molecule has 0 spiro atoms. The first-order chi connectivity index (χ1) is 9.22. The number of aromatic nitrogens is 2. The summed E-state index contributed by atoms with van der Waals surface area (Å²) < 4.78 is 62.3. The summed E-state index contributed by atoms with van der Waals surface area (Å²) in [5.74, 6) is 0. The van der Waals surface area contributed by atoms with Gasteiger partial charge in [0.05, 0.1) is 11.9 Å². The lowest BCUT2D eigenvalue weighted by Gasteiger charge is -2.10. The highest BCUT2D eigenvalue weighted by molar-refractivity contribution is 7.92. The molecule has 1 heterocycles. The minimum absolute atomic E-state index is 0.177. The number of para-hydroxylation sites is 1. The van der Waals surface area contributed by atoms with Gasteiger partial charge < -0.3 is 0 Å². The zero-order valence-corrected chi connectivity index (χ0v) is 11.8. The third kappa shape index (κ3) is 2.80. The van der Waals surface area contributed by atoms with Gasteiger partial charge in [-0.05, 0) is 18.2 Å². The molecule has 0 bridgehead atoms. The minimum atomic E-state index is -5.03. The summed E-state index contributed by atoms with van der Waals surface area (Å²) in [5, 5.41) is 3.52. The molecule has 0 amide bonds. The van der Waals surface area contributed by atoms with E-state index in [1.807, 2.05) is 4.72 Å². The third-order valence-electron chi connectivity index (χ3n) is 2.45. The summed E-state index contributed by atoms with van der Waals surface area (Å²) >= 11 is 0. The van der Waals surface area contributed by atoms with Crippen LogP contribution in [0.5, 0.6) is 0 Å². The predicted octanol–water partition coefficient (Wildman–Crippen LogP) is 0.879. The van der Waals surface area contributed by atoms with Crippen molar-refractivity contribution in [3.63, 3.8) is 0 Å². The Morgan fingerprint density at radius 1 is 1.15 bits per heavy atom. The summed E-state index contributed by atoms with van der Waals surface area (Å²) in [5.41, 5.74) is -0.365. The van der Waals surface area contributed by atoms with Gasteiger partial charge in [-0.25, -0.2) is 0 Å². The van der Waals surface area contributed by atoms with E-state index in [0.717, 1.165) is 16.8 Å². The number of sulfonamides is 1. The molecule has 0 unspecified atom stereocenters. The molecule has 1 aromatic carbocycles. The quantitative estimate of drug-likeness (QED) is 0.844. The average molecular weight is 319 g/mol. The summed E-state index contributed by atoms with van der Waals surface area (Å²) in [6, 6.07) is 6.02. The van der Waals surface area contributed by atoms with Gasteiger partial charge in [0.1, 0.15) is 4.90 Å². The summed E-state index contributed by atoms with van der Waals surface area (Å²) in [6.07, 6.45) is 1.27. The molecule has 10 heteroatoms. The molecule has 0 atom stereocenters. The van der Waals surface area contributed by atoms with Crippen molar-refractivity contribution in [3.05, 3.63) is 36.5 Å².